The smallest absolute Gasteiger partial charge is 0.321 e. The highest BCUT2D eigenvalue weighted by Crippen LogP contribution is 2.34. The standard InChI is InChI=1S/C17H20F2N4O4S2/c1-10-15(11-3-4-13(12(19)9-11)29(2,26)27)28-17(22-10)23-16(25)21-7-5-14(24)20-8-6-18/h3-4,9H,5-8H2,1-2H3,(H,20,24)(H2,21,22,23,25). The first-order chi connectivity index (χ1) is 13.6. The van der Waals surface area contributed by atoms with Crippen LogP contribution >= 0.6 is 11.3 Å². The third-order valence-corrected chi connectivity index (χ3v) is 5.92. The normalized spacial score (nSPS) is 11.2. The molecule has 3 amide bonds. The quantitative estimate of drug-likeness (QED) is 0.575. The predicted octanol–water partition coefficient (Wildman–Crippen LogP) is 2.26. The molecule has 0 saturated heterocycles. The maximum atomic E-state index is 14.1. The molecule has 0 bridgehead atoms. The molecule has 0 aliphatic carbocycles. The van der Waals surface area contributed by atoms with Gasteiger partial charge in [-0.05, 0) is 24.6 Å². The van der Waals surface area contributed by atoms with Crippen LogP contribution in [0.2, 0.25) is 0 Å². The van der Waals surface area contributed by atoms with Gasteiger partial charge < -0.3 is 10.6 Å². The summed E-state index contributed by atoms with van der Waals surface area (Å²) < 4.78 is 49.1. The third kappa shape index (κ3) is 6.46. The molecular formula is C17H20F2N4O4S2. The Morgan fingerprint density at radius 1 is 1.21 bits per heavy atom. The van der Waals surface area contributed by atoms with Gasteiger partial charge in [-0.1, -0.05) is 17.4 Å². The van der Waals surface area contributed by atoms with Crippen molar-refractivity contribution in [3.05, 3.63) is 29.7 Å². The van der Waals surface area contributed by atoms with Gasteiger partial charge in [0.05, 0.1) is 10.6 Å². The number of nitrogens with zero attached hydrogens (tertiary/aromatic N) is 1. The third-order valence-electron chi connectivity index (χ3n) is 3.66. The Morgan fingerprint density at radius 3 is 2.55 bits per heavy atom. The second-order valence-electron chi connectivity index (χ2n) is 6.02. The molecule has 158 valence electrons. The Labute approximate surface area is 170 Å². The fraction of sp³-hybridized carbons (Fsp3) is 0.353. The summed E-state index contributed by atoms with van der Waals surface area (Å²) in [6.07, 6.45) is 0.926. The average Bonchev–Trinajstić information content (AvgIpc) is 2.98. The largest absolute Gasteiger partial charge is 0.353 e. The van der Waals surface area contributed by atoms with E-state index in [1.807, 2.05) is 0 Å². The number of hydrogen-bond acceptors (Lipinski definition) is 6. The van der Waals surface area contributed by atoms with Crippen LogP contribution in [0.25, 0.3) is 10.4 Å². The van der Waals surface area contributed by atoms with E-state index in [-0.39, 0.29) is 30.5 Å². The van der Waals surface area contributed by atoms with Crippen molar-refractivity contribution in [2.75, 3.05) is 31.3 Å². The summed E-state index contributed by atoms with van der Waals surface area (Å²) in [6, 6.07) is 3.19. The summed E-state index contributed by atoms with van der Waals surface area (Å²) in [5, 5.41) is 7.58. The lowest BCUT2D eigenvalue weighted by atomic mass is 10.1. The van der Waals surface area contributed by atoms with Crippen LogP contribution in [-0.2, 0) is 14.6 Å². The van der Waals surface area contributed by atoms with Crippen molar-refractivity contribution in [1.29, 1.82) is 0 Å². The van der Waals surface area contributed by atoms with Crippen molar-refractivity contribution in [2.24, 2.45) is 0 Å². The molecular weight excluding hydrogens is 426 g/mol. The zero-order valence-corrected chi connectivity index (χ0v) is 17.3. The van der Waals surface area contributed by atoms with Crippen LogP contribution in [0.4, 0.5) is 18.7 Å². The van der Waals surface area contributed by atoms with Crippen LogP contribution in [0.1, 0.15) is 12.1 Å². The van der Waals surface area contributed by atoms with Crippen molar-refractivity contribution in [1.82, 2.24) is 15.6 Å². The van der Waals surface area contributed by atoms with Gasteiger partial charge in [0.25, 0.3) is 0 Å². The topological polar surface area (TPSA) is 117 Å². The number of amides is 3. The SMILES string of the molecule is Cc1nc(NC(=O)NCCC(=O)NCCF)sc1-c1ccc(S(C)(=O)=O)c(F)c1. The van der Waals surface area contributed by atoms with E-state index in [2.05, 4.69) is 20.9 Å². The highest BCUT2D eigenvalue weighted by Gasteiger charge is 2.17. The lowest BCUT2D eigenvalue weighted by molar-refractivity contribution is -0.121. The minimum Gasteiger partial charge on any atom is -0.353 e. The molecule has 1 aromatic heterocycles. The Morgan fingerprint density at radius 2 is 1.93 bits per heavy atom. The molecule has 0 radical (unpaired) electrons. The maximum absolute atomic E-state index is 14.1. The minimum atomic E-state index is -3.67. The van der Waals surface area contributed by atoms with E-state index < -0.39 is 33.3 Å². The van der Waals surface area contributed by atoms with Crippen LogP contribution in [0.3, 0.4) is 0 Å². The van der Waals surface area contributed by atoms with Crippen LogP contribution < -0.4 is 16.0 Å². The first kappa shape index (κ1) is 22.7. The number of alkyl halides is 1. The summed E-state index contributed by atoms with van der Waals surface area (Å²) in [4.78, 5) is 27.6. The predicted molar refractivity (Wildman–Crippen MR) is 106 cm³/mol. The van der Waals surface area contributed by atoms with Crippen LogP contribution in [0.5, 0.6) is 0 Å². The number of aromatic nitrogens is 1. The first-order valence-corrected chi connectivity index (χ1v) is 11.2. The Bertz CT molecular complexity index is 1010. The number of carbonyl (C=O) groups is 2. The lowest BCUT2D eigenvalue weighted by Gasteiger charge is -2.05. The zero-order chi connectivity index (χ0) is 21.6. The maximum Gasteiger partial charge on any atom is 0.321 e. The number of rotatable bonds is 8. The van der Waals surface area contributed by atoms with Gasteiger partial charge in [0.15, 0.2) is 15.0 Å². The highest BCUT2D eigenvalue weighted by molar-refractivity contribution is 7.90. The van der Waals surface area contributed by atoms with Crippen molar-refractivity contribution >= 4 is 38.2 Å². The molecule has 8 nitrogen and oxygen atoms in total. The molecule has 0 spiro atoms. The van der Waals surface area contributed by atoms with E-state index >= 15 is 0 Å². The highest BCUT2D eigenvalue weighted by atomic mass is 32.2. The molecule has 0 aliphatic heterocycles. The van der Waals surface area contributed by atoms with E-state index in [1.165, 1.54) is 12.1 Å². The molecule has 1 aromatic carbocycles. The van der Waals surface area contributed by atoms with E-state index in [9.17, 15) is 26.8 Å². The molecule has 0 aliphatic rings. The van der Waals surface area contributed by atoms with Crippen LogP contribution in [-0.4, -0.2) is 51.4 Å². The molecule has 0 unspecified atom stereocenters. The van der Waals surface area contributed by atoms with Gasteiger partial charge in [0.2, 0.25) is 5.91 Å². The minimum absolute atomic E-state index is 0.00152. The number of carbonyl (C=O) groups excluding carboxylic acids is 2. The average molecular weight is 447 g/mol. The van der Waals surface area contributed by atoms with Gasteiger partial charge in [-0.3, -0.25) is 10.1 Å². The molecule has 1 heterocycles. The summed E-state index contributed by atoms with van der Waals surface area (Å²) in [7, 11) is -3.67. The number of sulfone groups is 1. The second-order valence-corrected chi connectivity index (χ2v) is 9.00. The van der Waals surface area contributed by atoms with Gasteiger partial charge in [0.1, 0.15) is 17.4 Å². The van der Waals surface area contributed by atoms with E-state index in [0.29, 0.717) is 16.1 Å². The number of urea groups is 1. The number of benzene rings is 1. The van der Waals surface area contributed by atoms with Crippen LogP contribution in [0.15, 0.2) is 23.1 Å². The van der Waals surface area contributed by atoms with Gasteiger partial charge in [-0.25, -0.2) is 27.0 Å². The summed E-state index contributed by atoms with van der Waals surface area (Å²) in [5.74, 6) is -1.24. The van der Waals surface area contributed by atoms with E-state index in [4.69, 9.17) is 0 Å². The van der Waals surface area contributed by atoms with Crippen LogP contribution in [0, 0.1) is 12.7 Å². The Balaban J connectivity index is 2.01. The summed E-state index contributed by atoms with van der Waals surface area (Å²) >= 11 is 1.09. The number of thiazole rings is 1. The van der Waals surface area contributed by atoms with Gasteiger partial charge >= 0.3 is 6.03 Å². The summed E-state index contributed by atoms with van der Waals surface area (Å²) in [5.41, 5.74) is 0.963. The lowest BCUT2D eigenvalue weighted by Crippen LogP contribution is -2.33. The molecule has 0 saturated carbocycles. The monoisotopic (exact) mass is 446 g/mol. The van der Waals surface area contributed by atoms with Crippen molar-refractivity contribution in [2.45, 2.75) is 18.2 Å². The number of hydrogen-bond donors (Lipinski definition) is 3. The second kappa shape index (κ2) is 9.74. The van der Waals surface area contributed by atoms with Crippen molar-refractivity contribution in [3.8, 4) is 10.4 Å². The number of aryl methyl sites for hydroxylation is 1. The Kier molecular flexibility index (Phi) is 7.62. The first-order valence-electron chi connectivity index (χ1n) is 8.46. The molecule has 0 fully saturated rings. The number of anilines is 1. The molecule has 12 heteroatoms. The fourth-order valence-electron chi connectivity index (χ4n) is 2.37. The van der Waals surface area contributed by atoms with E-state index in [0.717, 1.165) is 23.7 Å². The van der Waals surface area contributed by atoms with Gasteiger partial charge in [-0.15, -0.1) is 0 Å². The molecule has 3 N–H and O–H groups in total. The Hall–Kier alpha value is -2.60. The molecule has 2 rings (SSSR count). The number of nitrogens with one attached hydrogen (secondary N) is 3. The fourth-order valence-corrected chi connectivity index (χ4v) is 4.05. The molecule has 29 heavy (non-hydrogen) atoms. The molecule has 2 aromatic rings. The van der Waals surface area contributed by atoms with E-state index in [1.54, 1.807) is 6.92 Å². The molecule has 0 atom stereocenters. The van der Waals surface area contributed by atoms with Gasteiger partial charge in [0, 0.05) is 25.8 Å². The van der Waals surface area contributed by atoms with Gasteiger partial charge in [-0.2, -0.15) is 0 Å². The van der Waals surface area contributed by atoms with Crippen molar-refractivity contribution in [3.63, 3.8) is 0 Å². The zero-order valence-electron chi connectivity index (χ0n) is 15.7. The number of halogens is 2. The summed E-state index contributed by atoms with van der Waals surface area (Å²) in [6.45, 7) is 0.996. The van der Waals surface area contributed by atoms with Crippen molar-refractivity contribution < 1.29 is 26.8 Å².